The Hall–Kier alpha value is -1.19. The van der Waals surface area contributed by atoms with E-state index < -0.39 is 0 Å². The topological polar surface area (TPSA) is 6.48 Å². The van der Waals surface area contributed by atoms with Crippen LogP contribution in [0.4, 0.5) is 4.39 Å². The number of hydrogen-bond donors (Lipinski definition) is 0. The van der Waals surface area contributed by atoms with E-state index in [0.29, 0.717) is 0 Å². The predicted molar refractivity (Wildman–Crippen MR) is 94.8 cm³/mol. The summed E-state index contributed by atoms with van der Waals surface area (Å²) < 4.78 is 12.9. The first-order valence-electron chi connectivity index (χ1n) is 9.04. The molecular weight excluding hydrogens is 287 g/mol. The minimum absolute atomic E-state index is 0.168. The molecule has 0 saturated carbocycles. The third-order valence-corrected chi connectivity index (χ3v) is 5.61. The Morgan fingerprint density at radius 1 is 0.957 bits per heavy atom. The average Bonchev–Trinajstić information content (AvgIpc) is 2.58. The van der Waals surface area contributed by atoms with E-state index in [2.05, 4.69) is 29.0 Å². The fraction of sp³-hybridized carbons (Fsp3) is 0.600. The summed E-state index contributed by atoms with van der Waals surface area (Å²) in [5.41, 5.74) is 1.08. The highest BCUT2D eigenvalue weighted by molar-refractivity contribution is 5.48. The van der Waals surface area contributed by atoms with Gasteiger partial charge in [-0.15, -0.1) is 0 Å². The van der Waals surface area contributed by atoms with Gasteiger partial charge in [0, 0.05) is 6.54 Å². The van der Waals surface area contributed by atoms with Crippen LogP contribution < -0.4 is 0 Å². The molecule has 1 aromatic carbocycles. The number of hydrogen-bond acceptors (Lipinski definition) is 2. The van der Waals surface area contributed by atoms with Crippen molar-refractivity contribution in [1.29, 1.82) is 0 Å². The Balaban J connectivity index is 1.40. The Morgan fingerprint density at radius 2 is 1.52 bits per heavy atom. The van der Waals surface area contributed by atoms with Gasteiger partial charge >= 0.3 is 0 Å². The van der Waals surface area contributed by atoms with Crippen LogP contribution in [0.25, 0.3) is 6.08 Å². The number of halogens is 1. The number of likely N-dealkylation sites (tertiary alicyclic amines) is 2. The predicted octanol–water partition coefficient (Wildman–Crippen LogP) is 3.89. The molecule has 0 aromatic heterocycles. The molecule has 0 amide bonds. The van der Waals surface area contributed by atoms with Crippen LogP contribution in [-0.2, 0) is 0 Å². The summed E-state index contributed by atoms with van der Waals surface area (Å²) in [5.74, 6) is 1.74. The molecule has 3 rings (SSSR count). The molecule has 23 heavy (non-hydrogen) atoms. The summed E-state index contributed by atoms with van der Waals surface area (Å²) in [4.78, 5) is 5.01. The average molecular weight is 316 g/mol. The lowest BCUT2D eigenvalue weighted by Gasteiger charge is -2.39. The molecule has 2 heterocycles. The second-order valence-corrected chi connectivity index (χ2v) is 7.23. The third-order valence-electron chi connectivity index (χ3n) is 5.61. The Bertz CT molecular complexity index is 495. The van der Waals surface area contributed by atoms with Gasteiger partial charge in [0.05, 0.1) is 0 Å². The molecule has 2 aliphatic heterocycles. The van der Waals surface area contributed by atoms with E-state index in [4.69, 9.17) is 0 Å². The lowest BCUT2D eigenvalue weighted by atomic mass is 9.79. The molecule has 2 saturated heterocycles. The number of piperidine rings is 2. The Morgan fingerprint density at radius 3 is 2.13 bits per heavy atom. The molecule has 0 spiro atoms. The van der Waals surface area contributed by atoms with Gasteiger partial charge in [0.1, 0.15) is 5.82 Å². The maximum Gasteiger partial charge on any atom is 0.123 e. The first-order valence-corrected chi connectivity index (χ1v) is 9.04. The minimum atomic E-state index is -0.168. The zero-order chi connectivity index (χ0) is 16.1. The van der Waals surface area contributed by atoms with Crippen molar-refractivity contribution in [2.24, 2.45) is 11.8 Å². The van der Waals surface area contributed by atoms with Crippen LogP contribution in [0.3, 0.4) is 0 Å². The minimum Gasteiger partial charge on any atom is -0.306 e. The normalized spacial score (nSPS) is 22.9. The second kappa shape index (κ2) is 8.07. The maximum atomic E-state index is 12.9. The van der Waals surface area contributed by atoms with E-state index in [-0.39, 0.29) is 5.82 Å². The molecular formula is C20H29FN2. The number of rotatable bonds is 4. The molecule has 0 radical (unpaired) electrons. The van der Waals surface area contributed by atoms with Crippen LogP contribution in [-0.4, -0.2) is 49.6 Å². The standard InChI is InChI=1S/C20H29FN2/c1-22-13-8-18(9-14-22)19-10-15-23(16-11-19)12-2-3-17-4-6-20(21)7-5-17/h2-7,18-19H,8-16H2,1H3/b3-2+. The Kier molecular flexibility index (Phi) is 5.85. The van der Waals surface area contributed by atoms with Crippen molar-refractivity contribution in [1.82, 2.24) is 9.80 Å². The largest absolute Gasteiger partial charge is 0.306 e. The molecule has 126 valence electrons. The van der Waals surface area contributed by atoms with Gasteiger partial charge in [-0.2, -0.15) is 0 Å². The van der Waals surface area contributed by atoms with Gasteiger partial charge in [-0.25, -0.2) is 4.39 Å². The summed E-state index contributed by atoms with van der Waals surface area (Å²) >= 11 is 0. The van der Waals surface area contributed by atoms with Crippen molar-refractivity contribution in [2.45, 2.75) is 25.7 Å². The molecule has 1 aromatic rings. The molecule has 2 aliphatic rings. The monoisotopic (exact) mass is 316 g/mol. The first-order chi connectivity index (χ1) is 11.2. The molecule has 3 heteroatoms. The van der Waals surface area contributed by atoms with Crippen molar-refractivity contribution < 1.29 is 4.39 Å². The van der Waals surface area contributed by atoms with Crippen LogP contribution in [0.2, 0.25) is 0 Å². The van der Waals surface area contributed by atoms with Gasteiger partial charge in [-0.05, 0) is 88.4 Å². The van der Waals surface area contributed by atoms with Gasteiger partial charge in [-0.3, -0.25) is 4.90 Å². The van der Waals surface area contributed by atoms with Crippen LogP contribution in [0.1, 0.15) is 31.2 Å². The maximum absolute atomic E-state index is 12.9. The van der Waals surface area contributed by atoms with E-state index in [1.54, 1.807) is 0 Å². The summed E-state index contributed by atoms with van der Waals surface area (Å²) in [7, 11) is 2.24. The first kappa shape index (κ1) is 16.7. The number of benzene rings is 1. The van der Waals surface area contributed by atoms with Gasteiger partial charge in [0.15, 0.2) is 0 Å². The molecule has 2 nitrogen and oxygen atoms in total. The molecule has 2 fully saturated rings. The molecule has 0 unspecified atom stereocenters. The van der Waals surface area contributed by atoms with E-state index in [1.165, 1.54) is 64.0 Å². The molecule has 0 bridgehead atoms. The van der Waals surface area contributed by atoms with Crippen molar-refractivity contribution in [3.63, 3.8) is 0 Å². The van der Waals surface area contributed by atoms with Crippen molar-refractivity contribution >= 4 is 6.08 Å². The van der Waals surface area contributed by atoms with Gasteiger partial charge in [-0.1, -0.05) is 24.3 Å². The van der Waals surface area contributed by atoms with E-state index in [9.17, 15) is 4.39 Å². The second-order valence-electron chi connectivity index (χ2n) is 7.23. The molecule has 0 aliphatic carbocycles. The van der Waals surface area contributed by atoms with Crippen LogP contribution in [0.15, 0.2) is 30.3 Å². The summed E-state index contributed by atoms with van der Waals surface area (Å²) in [6.45, 7) is 6.03. The van der Waals surface area contributed by atoms with Crippen LogP contribution in [0, 0.1) is 17.7 Å². The zero-order valence-corrected chi connectivity index (χ0v) is 14.3. The number of nitrogens with zero attached hydrogens (tertiary/aromatic N) is 2. The lowest BCUT2D eigenvalue weighted by Crippen LogP contribution is -2.39. The highest BCUT2D eigenvalue weighted by atomic mass is 19.1. The molecule has 0 N–H and O–H groups in total. The Labute approximate surface area is 140 Å². The lowest BCUT2D eigenvalue weighted by molar-refractivity contribution is 0.111. The van der Waals surface area contributed by atoms with E-state index in [0.717, 1.165) is 23.9 Å². The van der Waals surface area contributed by atoms with Crippen LogP contribution >= 0.6 is 0 Å². The van der Waals surface area contributed by atoms with E-state index >= 15 is 0 Å². The molecule has 0 atom stereocenters. The van der Waals surface area contributed by atoms with Crippen molar-refractivity contribution in [2.75, 3.05) is 39.8 Å². The quantitative estimate of drug-likeness (QED) is 0.831. The third kappa shape index (κ3) is 4.89. The summed E-state index contributed by atoms with van der Waals surface area (Å²) in [5, 5.41) is 0. The van der Waals surface area contributed by atoms with E-state index in [1.807, 2.05) is 12.1 Å². The fourth-order valence-corrected chi connectivity index (χ4v) is 4.02. The smallest absolute Gasteiger partial charge is 0.123 e. The zero-order valence-electron chi connectivity index (χ0n) is 14.3. The van der Waals surface area contributed by atoms with Crippen molar-refractivity contribution in [3.05, 3.63) is 41.7 Å². The summed E-state index contributed by atoms with van der Waals surface area (Å²) in [6, 6.07) is 6.70. The highest BCUT2D eigenvalue weighted by Crippen LogP contribution is 2.32. The van der Waals surface area contributed by atoms with Gasteiger partial charge < -0.3 is 4.90 Å². The highest BCUT2D eigenvalue weighted by Gasteiger charge is 2.28. The van der Waals surface area contributed by atoms with Crippen LogP contribution in [0.5, 0.6) is 0 Å². The van der Waals surface area contributed by atoms with Crippen molar-refractivity contribution in [3.8, 4) is 0 Å². The van der Waals surface area contributed by atoms with Gasteiger partial charge in [0.25, 0.3) is 0 Å². The SMILES string of the molecule is CN1CCC(C2CCN(C/C=C/c3ccc(F)cc3)CC2)CC1. The fourth-order valence-electron chi connectivity index (χ4n) is 4.02. The summed E-state index contributed by atoms with van der Waals surface area (Å²) in [6.07, 6.45) is 9.82. The van der Waals surface area contributed by atoms with Gasteiger partial charge in [0.2, 0.25) is 0 Å².